The molecule has 82 valence electrons. The van der Waals surface area contributed by atoms with Crippen molar-refractivity contribution in [2.24, 2.45) is 5.73 Å². The first kappa shape index (κ1) is 11.3. The molecule has 4 N–H and O–H groups in total. The Hall–Kier alpha value is -0.810. The van der Waals surface area contributed by atoms with Crippen LogP contribution < -0.4 is 11.1 Å². The molecule has 1 rings (SSSR count). The van der Waals surface area contributed by atoms with Crippen molar-refractivity contribution >= 4 is 6.03 Å². The maximum absolute atomic E-state index is 11.5. The number of carbonyl (C=O) groups is 1. The van der Waals surface area contributed by atoms with Gasteiger partial charge in [0.15, 0.2) is 0 Å². The Labute approximate surface area is 84.3 Å². The molecular weight excluding hydrogens is 182 g/mol. The molecule has 0 spiro atoms. The Bertz CT molecular complexity index is 179. The molecule has 1 aliphatic rings. The SMILES string of the molecule is NCCCNC(=O)N1CCC(O)CC1. The Morgan fingerprint density at radius 2 is 2.14 bits per heavy atom. The minimum Gasteiger partial charge on any atom is -0.393 e. The van der Waals surface area contributed by atoms with Crippen molar-refractivity contribution in [3.05, 3.63) is 0 Å². The first-order valence-electron chi connectivity index (χ1n) is 5.15. The summed E-state index contributed by atoms with van der Waals surface area (Å²) >= 11 is 0. The molecule has 14 heavy (non-hydrogen) atoms. The molecule has 1 fully saturated rings. The third-order valence-corrected chi connectivity index (χ3v) is 2.41. The van der Waals surface area contributed by atoms with Crippen LogP contribution in [0.1, 0.15) is 19.3 Å². The normalized spacial score (nSPS) is 18.3. The minimum absolute atomic E-state index is 0.0367. The molecule has 1 saturated heterocycles. The molecule has 0 bridgehead atoms. The summed E-state index contributed by atoms with van der Waals surface area (Å²) in [6.07, 6.45) is 1.94. The van der Waals surface area contributed by atoms with Gasteiger partial charge in [0.2, 0.25) is 0 Å². The molecule has 0 aromatic rings. The highest BCUT2D eigenvalue weighted by molar-refractivity contribution is 5.74. The average Bonchev–Trinajstić information content (AvgIpc) is 2.19. The molecule has 0 aromatic heterocycles. The number of carbonyl (C=O) groups excluding carboxylic acids is 1. The summed E-state index contributed by atoms with van der Waals surface area (Å²) in [5.74, 6) is 0. The fraction of sp³-hybridized carbons (Fsp3) is 0.889. The monoisotopic (exact) mass is 201 g/mol. The highest BCUT2D eigenvalue weighted by atomic mass is 16.3. The van der Waals surface area contributed by atoms with E-state index >= 15 is 0 Å². The average molecular weight is 201 g/mol. The molecule has 5 heteroatoms. The van der Waals surface area contributed by atoms with Gasteiger partial charge in [-0.3, -0.25) is 0 Å². The third-order valence-electron chi connectivity index (χ3n) is 2.41. The fourth-order valence-corrected chi connectivity index (χ4v) is 1.48. The van der Waals surface area contributed by atoms with Gasteiger partial charge in [-0.25, -0.2) is 4.79 Å². The molecule has 0 unspecified atom stereocenters. The van der Waals surface area contributed by atoms with Crippen LogP contribution in [0.4, 0.5) is 4.79 Å². The zero-order valence-electron chi connectivity index (χ0n) is 8.41. The van der Waals surface area contributed by atoms with Crippen LogP contribution in [0.5, 0.6) is 0 Å². The number of likely N-dealkylation sites (tertiary alicyclic amines) is 1. The van der Waals surface area contributed by atoms with Crippen molar-refractivity contribution in [1.29, 1.82) is 0 Å². The summed E-state index contributed by atoms with van der Waals surface area (Å²) in [4.78, 5) is 13.2. The van der Waals surface area contributed by atoms with Gasteiger partial charge in [0.1, 0.15) is 0 Å². The van der Waals surface area contributed by atoms with Crippen LogP contribution in [0.3, 0.4) is 0 Å². The third kappa shape index (κ3) is 3.51. The number of rotatable bonds is 3. The Kier molecular flexibility index (Phi) is 4.69. The quantitative estimate of drug-likeness (QED) is 0.539. The number of piperidine rings is 1. The number of nitrogens with one attached hydrogen (secondary N) is 1. The highest BCUT2D eigenvalue weighted by Gasteiger charge is 2.20. The largest absolute Gasteiger partial charge is 0.393 e. The zero-order valence-corrected chi connectivity index (χ0v) is 8.41. The zero-order chi connectivity index (χ0) is 10.4. The summed E-state index contributed by atoms with van der Waals surface area (Å²) in [5, 5.41) is 12.0. The second-order valence-corrected chi connectivity index (χ2v) is 3.59. The van der Waals surface area contributed by atoms with Crippen LogP contribution in [0.25, 0.3) is 0 Å². The molecule has 0 radical (unpaired) electrons. The van der Waals surface area contributed by atoms with Crippen LogP contribution in [-0.4, -0.2) is 48.3 Å². The summed E-state index contributed by atoms with van der Waals surface area (Å²) in [5.41, 5.74) is 5.31. The van der Waals surface area contributed by atoms with Gasteiger partial charge in [0, 0.05) is 19.6 Å². The van der Waals surface area contributed by atoms with Gasteiger partial charge in [-0.1, -0.05) is 0 Å². The van der Waals surface area contributed by atoms with Crippen LogP contribution in [0.2, 0.25) is 0 Å². The number of urea groups is 1. The van der Waals surface area contributed by atoms with Crippen molar-refractivity contribution in [1.82, 2.24) is 10.2 Å². The first-order valence-corrected chi connectivity index (χ1v) is 5.15. The van der Waals surface area contributed by atoms with E-state index in [4.69, 9.17) is 5.73 Å². The maximum atomic E-state index is 11.5. The maximum Gasteiger partial charge on any atom is 0.317 e. The van der Waals surface area contributed by atoms with Crippen molar-refractivity contribution < 1.29 is 9.90 Å². The smallest absolute Gasteiger partial charge is 0.317 e. The van der Waals surface area contributed by atoms with Gasteiger partial charge < -0.3 is 21.1 Å². The van der Waals surface area contributed by atoms with Gasteiger partial charge in [-0.05, 0) is 25.8 Å². The standard InChI is InChI=1S/C9H19N3O2/c10-4-1-5-11-9(14)12-6-2-8(13)3-7-12/h8,13H,1-7,10H2,(H,11,14). The minimum atomic E-state index is -0.233. The first-order chi connectivity index (χ1) is 6.74. The molecule has 5 nitrogen and oxygen atoms in total. The van der Waals surface area contributed by atoms with E-state index in [0.717, 1.165) is 6.42 Å². The van der Waals surface area contributed by atoms with Crippen molar-refractivity contribution in [3.63, 3.8) is 0 Å². The van der Waals surface area contributed by atoms with Crippen LogP contribution >= 0.6 is 0 Å². The number of aliphatic hydroxyl groups is 1. The summed E-state index contributed by atoms with van der Waals surface area (Å²) in [6.45, 7) is 2.53. The van der Waals surface area contributed by atoms with Gasteiger partial charge in [-0.2, -0.15) is 0 Å². The number of amides is 2. The lowest BCUT2D eigenvalue weighted by atomic mass is 10.1. The number of hydrogen-bond acceptors (Lipinski definition) is 3. The number of nitrogens with zero attached hydrogens (tertiary/aromatic N) is 1. The second kappa shape index (κ2) is 5.82. The van der Waals surface area contributed by atoms with Gasteiger partial charge in [0.25, 0.3) is 0 Å². The van der Waals surface area contributed by atoms with E-state index in [9.17, 15) is 9.90 Å². The van der Waals surface area contributed by atoms with E-state index in [1.807, 2.05) is 0 Å². The molecule has 0 aromatic carbocycles. The van der Waals surface area contributed by atoms with E-state index in [0.29, 0.717) is 39.0 Å². The summed E-state index contributed by atoms with van der Waals surface area (Å²) in [6, 6.07) is -0.0367. The Morgan fingerprint density at radius 3 is 2.71 bits per heavy atom. The van der Waals surface area contributed by atoms with Crippen LogP contribution in [0, 0.1) is 0 Å². The van der Waals surface area contributed by atoms with Gasteiger partial charge in [0.05, 0.1) is 6.10 Å². The molecule has 1 aliphatic heterocycles. The summed E-state index contributed by atoms with van der Waals surface area (Å²) < 4.78 is 0. The topological polar surface area (TPSA) is 78.6 Å². The van der Waals surface area contributed by atoms with Crippen molar-refractivity contribution in [2.45, 2.75) is 25.4 Å². The van der Waals surface area contributed by atoms with E-state index < -0.39 is 0 Å². The van der Waals surface area contributed by atoms with Crippen LogP contribution in [-0.2, 0) is 0 Å². The van der Waals surface area contributed by atoms with Crippen molar-refractivity contribution in [2.75, 3.05) is 26.2 Å². The molecular formula is C9H19N3O2. The van der Waals surface area contributed by atoms with E-state index in [2.05, 4.69) is 5.32 Å². The lowest BCUT2D eigenvalue weighted by Gasteiger charge is -2.29. The second-order valence-electron chi connectivity index (χ2n) is 3.59. The van der Waals surface area contributed by atoms with Gasteiger partial charge in [-0.15, -0.1) is 0 Å². The molecule has 0 atom stereocenters. The number of hydrogen-bond donors (Lipinski definition) is 3. The van der Waals surface area contributed by atoms with Crippen LogP contribution in [0.15, 0.2) is 0 Å². The van der Waals surface area contributed by atoms with E-state index in [1.165, 1.54) is 0 Å². The van der Waals surface area contributed by atoms with Gasteiger partial charge >= 0.3 is 6.03 Å². The highest BCUT2D eigenvalue weighted by Crippen LogP contribution is 2.09. The lowest BCUT2D eigenvalue weighted by Crippen LogP contribution is -2.45. The predicted octanol–water partition coefficient (Wildman–Crippen LogP) is -0.498. The predicted molar refractivity (Wildman–Crippen MR) is 53.9 cm³/mol. The molecule has 0 aliphatic carbocycles. The van der Waals surface area contributed by atoms with Crippen molar-refractivity contribution in [3.8, 4) is 0 Å². The summed E-state index contributed by atoms with van der Waals surface area (Å²) in [7, 11) is 0. The van der Waals surface area contributed by atoms with E-state index in [-0.39, 0.29) is 12.1 Å². The Balaban J connectivity index is 2.17. The van der Waals surface area contributed by atoms with E-state index in [1.54, 1.807) is 4.90 Å². The number of nitrogens with two attached hydrogens (primary N) is 1. The lowest BCUT2D eigenvalue weighted by molar-refractivity contribution is 0.0937. The molecule has 1 heterocycles. The number of aliphatic hydroxyl groups excluding tert-OH is 1. The molecule has 2 amide bonds. The Morgan fingerprint density at radius 1 is 1.50 bits per heavy atom. The fourth-order valence-electron chi connectivity index (χ4n) is 1.48. The molecule has 0 saturated carbocycles.